The monoisotopic (exact) mass is 303 g/mol. The maximum Gasteiger partial charge on any atom is 0.255 e. The number of amides is 1. The molecule has 1 heterocycles. The third-order valence-corrected chi connectivity index (χ3v) is 4.10. The van der Waals surface area contributed by atoms with Crippen LogP contribution in [0.5, 0.6) is 0 Å². The van der Waals surface area contributed by atoms with Crippen molar-refractivity contribution in [2.75, 3.05) is 5.32 Å². The van der Waals surface area contributed by atoms with Crippen molar-refractivity contribution >= 4 is 11.6 Å². The molecule has 0 radical (unpaired) electrons. The van der Waals surface area contributed by atoms with E-state index in [1.807, 2.05) is 60.7 Å². The zero-order valence-electron chi connectivity index (χ0n) is 12.6. The van der Waals surface area contributed by atoms with E-state index in [0.717, 1.165) is 35.5 Å². The topological polar surface area (TPSA) is 57.8 Å². The third-order valence-electron chi connectivity index (χ3n) is 4.10. The van der Waals surface area contributed by atoms with E-state index in [4.69, 9.17) is 0 Å². The Kier molecular flexibility index (Phi) is 3.42. The number of nitrogens with one attached hydrogen (secondary N) is 2. The number of anilines is 1. The molecule has 114 valence electrons. The minimum Gasteiger partial charge on any atom is -0.319 e. The zero-order chi connectivity index (χ0) is 15.6. The van der Waals surface area contributed by atoms with Gasteiger partial charge in [-0.3, -0.25) is 9.89 Å². The molecule has 0 atom stereocenters. The van der Waals surface area contributed by atoms with Crippen molar-refractivity contribution in [3.8, 4) is 11.3 Å². The number of nitrogens with zero attached hydrogens (tertiary/aromatic N) is 1. The molecule has 2 N–H and O–H groups in total. The second kappa shape index (κ2) is 5.72. The van der Waals surface area contributed by atoms with Gasteiger partial charge in [0.1, 0.15) is 5.69 Å². The van der Waals surface area contributed by atoms with Crippen LogP contribution in [0.4, 0.5) is 5.69 Å². The van der Waals surface area contributed by atoms with Crippen LogP contribution in [0.3, 0.4) is 0 Å². The fraction of sp³-hybridized carbons (Fsp3) is 0.158. The number of carbonyl (C=O) groups is 1. The van der Waals surface area contributed by atoms with Crippen LogP contribution < -0.4 is 5.32 Å². The molecule has 0 spiro atoms. The summed E-state index contributed by atoms with van der Waals surface area (Å²) in [6.07, 6.45) is 2.29. The van der Waals surface area contributed by atoms with Crippen molar-refractivity contribution in [1.82, 2.24) is 10.2 Å². The summed E-state index contributed by atoms with van der Waals surface area (Å²) >= 11 is 0. The lowest BCUT2D eigenvalue weighted by Gasteiger charge is -2.08. The molecule has 23 heavy (non-hydrogen) atoms. The highest BCUT2D eigenvalue weighted by atomic mass is 16.1. The lowest BCUT2D eigenvalue weighted by Crippen LogP contribution is -2.13. The Labute approximate surface area is 134 Å². The molecule has 4 rings (SSSR count). The molecule has 4 nitrogen and oxygen atoms in total. The van der Waals surface area contributed by atoms with Gasteiger partial charge in [-0.25, -0.2) is 0 Å². The Balaban J connectivity index is 1.71. The number of hydrogen-bond donors (Lipinski definition) is 2. The van der Waals surface area contributed by atoms with Crippen LogP contribution in [0, 0.1) is 0 Å². The van der Waals surface area contributed by atoms with Crippen LogP contribution in [0.15, 0.2) is 60.7 Å². The second-order valence-corrected chi connectivity index (χ2v) is 5.82. The van der Waals surface area contributed by atoms with Gasteiger partial charge < -0.3 is 5.32 Å². The SMILES string of the molecule is O=C(Nc1c(-c2ccccc2)n[nH]c1C1CC1)c1ccccc1. The highest BCUT2D eigenvalue weighted by molar-refractivity contribution is 6.06. The van der Waals surface area contributed by atoms with E-state index in [9.17, 15) is 4.79 Å². The Hall–Kier alpha value is -2.88. The van der Waals surface area contributed by atoms with Gasteiger partial charge in [-0.1, -0.05) is 48.5 Å². The van der Waals surface area contributed by atoms with Crippen LogP contribution in [0.2, 0.25) is 0 Å². The molecule has 0 saturated heterocycles. The van der Waals surface area contributed by atoms with Gasteiger partial charge in [-0.05, 0) is 25.0 Å². The molecule has 1 aliphatic carbocycles. The summed E-state index contributed by atoms with van der Waals surface area (Å²) in [5, 5.41) is 10.6. The predicted octanol–water partition coefficient (Wildman–Crippen LogP) is 4.21. The molecular weight excluding hydrogens is 286 g/mol. The van der Waals surface area contributed by atoms with Crippen molar-refractivity contribution in [3.05, 3.63) is 71.9 Å². The standard InChI is InChI=1S/C19H17N3O/c23-19(15-9-5-2-6-10-15)20-18-16(13-7-3-1-4-8-13)21-22-17(18)14-11-12-14/h1-10,14H,11-12H2,(H,20,23)(H,21,22). The minimum absolute atomic E-state index is 0.105. The number of aromatic nitrogens is 2. The van der Waals surface area contributed by atoms with E-state index in [2.05, 4.69) is 15.5 Å². The van der Waals surface area contributed by atoms with Gasteiger partial charge in [0.2, 0.25) is 0 Å². The van der Waals surface area contributed by atoms with Crippen LogP contribution in [0.1, 0.15) is 34.8 Å². The predicted molar refractivity (Wildman–Crippen MR) is 90.4 cm³/mol. The highest BCUT2D eigenvalue weighted by Crippen LogP contribution is 2.45. The minimum atomic E-state index is -0.105. The van der Waals surface area contributed by atoms with E-state index < -0.39 is 0 Å². The number of rotatable bonds is 4. The van der Waals surface area contributed by atoms with Gasteiger partial charge in [0.25, 0.3) is 5.91 Å². The summed E-state index contributed by atoms with van der Waals surface area (Å²) in [4.78, 5) is 12.5. The first-order valence-electron chi connectivity index (χ1n) is 7.83. The first-order chi connectivity index (χ1) is 11.3. The summed E-state index contributed by atoms with van der Waals surface area (Å²) < 4.78 is 0. The molecule has 4 heteroatoms. The van der Waals surface area contributed by atoms with E-state index in [1.165, 1.54) is 0 Å². The van der Waals surface area contributed by atoms with Gasteiger partial charge in [0.05, 0.1) is 11.4 Å². The fourth-order valence-electron chi connectivity index (χ4n) is 2.73. The fourth-order valence-corrected chi connectivity index (χ4v) is 2.73. The Bertz CT molecular complexity index is 820. The van der Waals surface area contributed by atoms with Crippen LogP contribution in [-0.2, 0) is 0 Å². The number of benzene rings is 2. The average molecular weight is 303 g/mol. The van der Waals surface area contributed by atoms with Crippen molar-refractivity contribution in [1.29, 1.82) is 0 Å². The summed E-state index contributed by atoms with van der Waals surface area (Å²) in [6, 6.07) is 19.2. The molecule has 3 aromatic rings. The van der Waals surface area contributed by atoms with Crippen molar-refractivity contribution in [2.45, 2.75) is 18.8 Å². The Morgan fingerprint density at radius 2 is 1.65 bits per heavy atom. The molecule has 0 aliphatic heterocycles. The van der Waals surface area contributed by atoms with E-state index in [-0.39, 0.29) is 5.91 Å². The van der Waals surface area contributed by atoms with E-state index in [0.29, 0.717) is 11.5 Å². The van der Waals surface area contributed by atoms with Crippen LogP contribution in [0.25, 0.3) is 11.3 Å². The van der Waals surface area contributed by atoms with Gasteiger partial charge in [0.15, 0.2) is 0 Å². The summed E-state index contributed by atoms with van der Waals surface area (Å²) in [6.45, 7) is 0. The lowest BCUT2D eigenvalue weighted by atomic mass is 10.1. The zero-order valence-corrected chi connectivity index (χ0v) is 12.6. The maximum absolute atomic E-state index is 12.5. The van der Waals surface area contributed by atoms with Gasteiger partial charge in [-0.15, -0.1) is 0 Å². The van der Waals surface area contributed by atoms with Crippen molar-refractivity contribution in [2.24, 2.45) is 0 Å². The Morgan fingerprint density at radius 3 is 2.30 bits per heavy atom. The molecule has 2 aromatic carbocycles. The summed E-state index contributed by atoms with van der Waals surface area (Å²) in [7, 11) is 0. The quantitative estimate of drug-likeness (QED) is 0.758. The lowest BCUT2D eigenvalue weighted by molar-refractivity contribution is 0.102. The molecule has 1 fully saturated rings. The maximum atomic E-state index is 12.5. The number of aromatic amines is 1. The van der Waals surface area contributed by atoms with E-state index >= 15 is 0 Å². The molecule has 0 unspecified atom stereocenters. The van der Waals surface area contributed by atoms with Gasteiger partial charge in [-0.2, -0.15) is 5.10 Å². The number of carbonyl (C=O) groups excluding carboxylic acids is 1. The molecule has 0 bridgehead atoms. The smallest absolute Gasteiger partial charge is 0.255 e. The van der Waals surface area contributed by atoms with Gasteiger partial charge >= 0.3 is 0 Å². The normalized spacial score (nSPS) is 13.7. The van der Waals surface area contributed by atoms with Crippen molar-refractivity contribution < 1.29 is 4.79 Å². The average Bonchev–Trinajstić information content (AvgIpc) is 3.37. The van der Waals surface area contributed by atoms with Crippen LogP contribution >= 0.6 is 0 Å². The molecule has 1 saturated carbocycles. The number of H-pyrrole nitrogens is 1. The number of hydrogen-bond acceptors (Lipinski definition) is 2. The largest absolute Gasteiger partial charge is 0.319 e. The van der Waals surface area contributed by atoms with Crippen LogP contribution in [-0.4, -0.2) is 16.1 Å². The third kappa shape index (κ3) is 2.75. The summed E-state index contributed by atoms with van der Waals surface area (Å²) in [5.74, 6) is 0.372. The molecular formula is C19H17N3O. The summed E-state index contributed by atoms with van der Waals surface area (Å²) in [5.41, 5.74) is 4.30. The molecule has 1 aromatic heterocycles. The van der Waals surface area contributed by atoms with Gasteiger partial charge in [0, 0.05) is 17.0 Å². The highest BCUT2D eigenvalue weighted by Gasteiger charge is 2.31. The Morgan fingerprint density at radius 1 is 1.00 bits per heavy atom. The first kappa shape index (κ1) is 13.8. The van der Waals surface area contributed by atoms with E-state index in [1.54, 1.807) is 0 Å². The molecule has 1 amide bonds. The molecule has 1 aliphatic rings. The van der Waals surface area contributed by atoms with Crippen molar-refractivity contribution in [3.63, 3.8) is 0 Å². The first-order valence-corrected chi connectivity index (χ1v) is 7.83. The second-order valence-electron chi connectivity index (χ2n) is 5.82.